The molecule has 0 heterocycles. The van der Waals surface area contributed by atoms with Crippen LogP contribution in [0.2, 0.25) is 0 Å². The van der Waals surface area contributed by atoms with Gasteiger partial charge in [0.05, 0.1) is 5.54 Å². The highest BCUT2D eigenvalue weighted by Crippen LogP contribution is 2.16. The van der Waals surface area contributed by atoms with Crippen molar-refractivity contribution in [3.05, 3.63) is 0 Å². The summed E-state index contributed by atoms with van der Waals surface area (Å²) < 4.78 is 5.33. The first-order valence-corrected chi connectivity index (χ1v) is 7.11. The lowest BCUT2D eigenvalue weighted by Gasteiger charge is -2.34. The van der Waals surface area contributed by atoms with E-state index in [1.807, 2.05) is 34.6 Å². The van der Waals surface area contributed by atoms with E-state index in [0.717, 1.165) is 12.8 Å². The second-order valence-electron chi connectivity index (χ2n) is 5.79. The molecule has 0 fully saturated rings. The van der Waals surface area contributed by atoms with E-state index in [2.05, 4.69) is 20.9 Å². The molecule has 1 amide bonds. The average Bonchev–Trinajstić information content (AvgIpc) is 2.36. The van der Waals surface area contributed by atoms with Gasteiger partial charge in [0.15, 0.2) is 5.96 Å². The molecule has 0 rings (SSSR count). The zero-order chi connectivity index (χ0) is 15.8. The maximum absolute atomic E-state index is 12.0. The van der Waals surface area contributed by atoms with Gasteiger partial charge in [0, 0.05) is 20.6 Å². The maximum Gasteiger partial charge on any atom is 0.408 e. The van der Waals surface area contributed by atoms with Crippen molar-refractivity contribution in [1.82, 2.24) is 16.0 Å². The highest BCUT2D eigenvalue weighted by atomic mass is 127. The van der Waals surface area contributed by atoms with E-state index in [9.17, 15) is 4.79 Å². The number of alkyl carbamates (subject to hydrolysis) is 1. The van der Waals surface area contributed by atoms with Gasteiger partial charge in [-0.1, -0.05) is 13.8 Å². The Labute approximate surface area is 145 Å². The summed E-state index contributed by atoms with van der Waals surface area (Å²) >= 11 is 0. The number of guanidine groups is 1. The van der Waals surface area contributed by atoms with Crippen LogP contribution >= 0.6 is 24.0 Å². The molecular weight excluding hydrogens is 383 g/mol. The first-order valence-electron chi connectivity index (χ1n) is 7.11. The van der Waals surface area contributed by atoms with Gasteiger partial charge in [-0.25, -0.2) is 4.79 Å². The normalized spacial score (nSPS) is 12.2. The van der Waals surface area contributed by atoms with E-state index in [0.29, 0.717) is 12.5 Å². The average molecular weight is 414 g/mol. The third kappa shape index (κ3) is 9.00. The SMILES string of the molecule is CCC(CC)(CNC(=NC)NC)NC(=O)OC(C)(C)C.I. The van der Waals surface area contributed by atoms with Crippen LogP contribution in [0, 0.1) is 0 Å². The lowest BCUT2D eigenvalue weighted by Crippen LogP contribution is -2.56. The van der Waals surface area contributed by atoms with Crippen molar-refractivity contribution in [2.24, 2.45) is 4.99 Å². The van der Waals surface area contributed by atoms with Crippen LogP contribution < -0.4 is 16.0 Å². The summed E-state index contributed by atoms with van der Waals surface area (Å²) in [5.74, 6) is 0.697. The van der Waals surface area contributed by atoms with Crippen LogP contribution in [-0.2, 0) is 4.74 Å². The molecule has 0 aliphatic heterocycles. The highest BCUT2D eigenvalue weighted by molar-refractivity contribution is 14.0. The number of ether oxygens (including phenoxy) is 1. The number of carbonyl (C=O) groups excluding carboxylic acids is 1. The smallest absolute Gasteiger partial charge is 0.408 e. The van der Waals surface area contributed by atoms with E-state index >= 15 is 0 Å². The van der Waals surface area contributed by atoms with Crippen molar-refractivity contribution in [2.75, 3.05) is 20.6 Å². The summed E-state index contributed by atoms with van der Waals surface area (Å²) in [6, 6.07) is 0. The second-order valence-corrected chi connectivity index (χ2v) is 5.79. The molecule has 0 spiro atoms. The van der Waals surface area contributed by atoms with E-state index in [1.165, 1.54) is 0 Å². The Morgan fingerprint density at radius 3 is 2.05 bits per heavy atom. The minimum Gasteiger partial charge on any atom is -0.444 e. The predicted octanol–water partition coefficient (Wildman–Crippen LogP) is 2.48. The number of hydrogen-bond donors (Lipinski definition) is 3. The molecule has 3 N–H and O–H groups in total. The third-order valence-corrected chi connectivity index (χ3v) is 3.17. The largest absolute Gasteiger partial charge is 0.444 e. The zero-order valence-electron chi connectivity index (χ0n) is 14.3. The van der Waals surface area contributed by atoms with Gasteiger partial charge in [0.1, 0.15) is 5.60 Å². The lowest BCUT2D eigenvalue weighted by atomic mass is 9.93. The number of nitrogens with one attached hydrogen (secondary N) is 3. The van der Waals surface area contributed by atoms with Gasteiger partial charge in [0.25, 0.3) is 0 Å². The summed E-state index contributed by atoms with van der Waals surface area (Å²) in [4.78, 5) is 16.0. The molecule has 6 nitrogen and oxygen atoms in total. The molecule has 21 heavy (non-hydrogen) atoms. The van der Waals surface area contributed by atoms with Crippen LogP contribution in [0.1, 0.15) is 47.5 Å². The Bertz CT molecular complexity index is 336. The molecule has 0 saturated heterocycles. The molecule has 0 aromatic heterocycles. The second kappa shape index (κ2) is 10.1. The molecule has 0 aromatic rings. The van der Waals surface area contributed by atoms with Crippen molar-refractivity contribution in [3.8, 4) is 0 Å². The minimum atomic E-state index is -0.494. The van der Waals surface area contributed by atoms with Gasteiger partial charge in [-0.15, -0.1) is 24.0 Å². The van der Waals surface area contributed by atoms with Crippen LogP contribution in [0.25, 0.3) is 0 Å². The van der Waals surface area contributed by atoms with Crippen molar-refractivity contribution in [1.29, 1.82) is 0 Å². The minimum absolute atomic E-state index is 0. The van der Waals surface area contributed by atoms with Gasteiger partial charge in [0.2, 0.25) is 0 Å². The molecular formula is C14H31IN4O2. The van der Waals surface area contributed by atoms with Gasteiger partial charge < -0.3 is 20.7 Å². The number of nitrogens with zero attached hydrogens (tertiary/aromatic N) is 1. The van der Waals surface area contributed by atoms with E-state index in [1.54, 1.807) is 14.1 Å². The summed E-state index contributed by atoms with van der Waals surface area (Å²) in [7, 11) is 3.51. The Kier molecular flexibility index (Phi) is 10.8. The van der Waals surface area contributed by atoms with Crippen molar-refractivity contribution < 1.29 is 9.53 Å². The topological polar surface area (TPSA) is 74.8 Å². The molecule has 0 unspecified atom stereocenters. The molecule has 0 aliphatic rings. The predicted molar refractivity (Wildman–Crippen MR) is 98.5 cm³/mol. The van der Waals surface area contributed by atoms with Gasteiger partial charge >= 0.3 is 6.09 Å². The van der Waals surface area contributed by atoms with Crippen LogP contribution in [0.4, 0.5) is 4.79 Å². The Hall–Kier alpha value is -0.730. The monoisotopic (exact) mass is 414 g/mol. The number of hydrogen-bond acceptors (Lipinski definition) is 3. The number of amides is 1. The first-order chi connectivity index (χ1) is 9.21. The Morgan fingerprint density at radius 2 is 1.71 bits per heavy atom. The van der Waals surface area contributed by atoms with Crippen LogP contribution in [0.15, 0.2) is 4.99 Å². The quantitative estimate of drug-likeness (QED) is 0.367. The van der Waals surface area contributed by atoms with Gasteiger partial charge in [-0.3, -0.25) is 4.99 Å². The molecule has 126 valence electrons. The molecule has 0 aromatic carbocycles. The van der Waals surface area contributed by atoms with Crippen LogP contribution in [-0.4, -0.2) is 43.8 Å². The van der Waals surface area contributed by atoms with Crippen LogP contribution in [0.3, 0.4) is 0 Å². The standard InChI is InChI=1S/C14H30N4O2.HI/c1-8-14(9-2,10-17-11(15-6)16-7)18-12(19)20-13(3,4)5;/h8-10H2,1-7H3,(H,18,19)(H2,15,16,17);1H. The summed E-state index contributed by atoms with van der Waals surface area (Å²) in [5, 5.41) is 9.14. The fraction of sp³-hybridized carbons (Fsp3) is 0.857. The third-order valence-electron chi connectivity index (χ3n) is 3.17. The number of aliphatic imine (C=N–C) groups is 1. The van der Waals surface area contributed by atoms with Crippen molar-refractivity contribution >= 4 is 36.0 Å². The van der Waals surface area contributed by atoms with Crippen molar-refractivity contribution in [2.45, 2.75) is 58.6 Å². The highest BCUT2D eigenvalue weighted by Gasteiger charge is 2.30. The number of rotatable bonds is 5. The molecule has 0 saturated carbocycles. The fourth-order valence-electron chi connectivity index (χ4n) is 1.77. The fourth-order valence-corrected chi connectivity index (χ4v) is 1.77. The molecule has 0 atom stereocenters. The molecule has 0 bridgehead atoms. The summed E-state index contributed by atoms with van der Waals surface area (Å²) in [6.07, 6.45) is 1.22. The molecule has 7 heteroatoms. The molecule has 0 aliphatic carbocycles. The molecule has 0 radical (unpaired) electrons. The van der Waals surface area contributed by atoms with Gasteiger partial charge in [-0.2, -0.15) is 0 Å². The lowest BCUT2D eigenvalue weighted by molar-refractivity contribution is 0.0448. The maximum atomic E-state index is 12.0. The van der Waals surface area contributed by atoms with Crippen molar-refractivity contribution in [3.63, 3.8) is 0 Å². The number of carbonyl (C=O) groups is 1. The Balaban J connectivity index is 0. The Morgan fingerprint density at radius 1 is 1.19 bits per heavy atom. The number of halogens is 1. The van der Waals surface area contributed by atoms with Crippen LogP contribution in [0.5, 0.6) is 0 Å². The van der Waals surface area contributed by atoms with E-state index in [4.69, 9.17) is 4.74 Å². The van der Waals surface area contributed by atoms with E-state index in [-0.39, 0.29) is 35.6 Å². The van der Waals surface area contributed by atoms with E-state index < -0.39 is 5.60 Å². The summed E-state index contributed by atoms with van der Waals surface area (Å²) in [6.45, 7) is 10.2. The summed E-state index contributed by atoms with van der Waals surface area (Å²) in [5.41, 5.74) is -0.846. The zero-order valence-corrected chi connectivity index (χ0v) is 16.6. The first kappa shape index (κ1) is 22.5. The van der Waals surface area contributed by atoms with Gasteiger partial charge in [-0.05, 0) is 33.6 Å².